The maximum absolute atomic E-state index is 13.8. The van der Waals surface area contributed by atoms with Gasteiger partial charge >= 0.3 is 6.18 Å². The number of hydrogen-bond acceptors (Lipinski definition) is 6. The van der Waals surface area contributed by atoms with Gasteiger partial charge in [0.1, 0.15) is 9.88 Å². The molecule has 1 aliphatic rings. The van der Waals surface area contributed by atoms with Gasteiger partial charge in [0.05, 0.1) is 22.7 Å². The van der Waals surface area contributed by atoms with E-state index in [0.29, 0.717) is 35.8 Å². The summed E-state index contributed by atoms with van der Waals surface area (Å²) in [6, 6.07) is 7.71. The van der Waals surface area contributed by atoms with Crippen molar-refractivity contribution in [2.24, 2.45) is 0 Å². The Labute approximate surface area is 185 Å². The van der Waals surface area contributed by atoms with Crippen LogP contribution in [0.25, 0.3) is 9.88 Å². The molecule has 1 aliphatic heterocycles. The zero-order valence-corrected chi connectivity index (χ0v) is 18.2. The number of nitrogens with zero attached hydrogens (tertiary/aromatic N) is 2. The van der Waals surface area contributed by atoms with Crippen LogP contribution in [0.4, 0.5) is 24.5 Å². The van der Waals surface area contributed by atoms with Crippen LogP contribution < -0.4 is 10.2 Å². The van der Waals surface area contributed by atoms with E-state index in [0.717, 1.165) is 10.9 Å². The summed E-state index contributed by atoms with van der Waals surface area (Å²) in [5.74, 6) is -0.484. The molecule has 1 amide bonds. The van der Waals surface area contributed by atoms with Crippen LogP contribution in [0.15, 0.2) is 41.9 Å². The fourth-order valence-corrected chi connectivity index (χ4v) is 5.15. The largest absolute Gasteiger partial charge is 0.418 e. The van der Waals surface area contributed by atoms with Gasteiger partial charge in [-0.05, 0) is 42.5 Å². The summed E-state index contributed by atoms with van der Waals surface area (Å²) in [5.41, 5.74) is -0.540. The van der Waals surface area contributed by atoms with E-state index in [1.807, 2.05) is 17.5 Å². The number of alkyl halides is 3. The Kier molecular flexibility index (Phi) is 6.31. The molecule has 31 heavy (non-hydrogen) atoms. The molecule has 0 radical (unpaired) electrons. The van der Waals surface area contributed by atoms with E-state index in [-0.39, 0.29) is 17.5 Å². The third-order valence-electron chi connectivity index (χ3n) is 5.14. The standard InChI is InChI=1S/C21H20F3N3O2S2/c1-29-14-6-8-27(9-7-14)16-5-4-13(11-15(16)21(22,23)24)26-19(28)18-12-25-20(31-18)17-3-2-10-30-17/h2-5,10-12,14H,6-9H2,1H3,(H,26,28). The number of methoxy groups -OCH3 is 1. The van der Waals surface area contributed by atoms with E-state index in [9.17, 15) is 18.0 Å². The number of piperidine rings is 1. The van der Waals surface area contributed by atoms with Crippen LogP contribution in [-0.4, -0.2) is 37.2 Å². The lowest BCUT2D eigenvalue weighted by Gasteiger charge is -2.34. The van der Waals surface area contributed by atoms with E-state index < -0.39 is 17.6 Å². The summed E-state index contributed by atoms with van der Waals surface area (Å²) in [6.45, 7) is 0.972. The quantitative estimate of drug-likeness (QED) is 0.519. The Morgan fingerprint density at radius 3 is 2.68 bits per heavy atom. The zero-order chi connectivity index (χ0) is 22.0. The van der Waals surface area contributed by atoms with Crippen LogP contribution in [0.3, 0.4) is 0 Å². The molecule has 0 aliphatic carbocycles. The highest BCUT2D eigenvalue weighted by molar-refractivity contribution is 7.22. The number of anilines is 2. The molecule has 0 spiro atoms. The molecule has 0 unspecified atom stereocenters. The number of nitrogens with one attached hydrogen (secondary N) is 1. The number of carbonyl (C=O) groups excluding carboxylic acids is 1. The molecule has 0 saturated carbocycles. The molecule has 4 rings (SSSR count). The van der Waals surface area contributed by atoms with Crippen molar-refractivity contribution in [3.63, 3.8) is 0 Å². The topological polar surface area (TPSA) is 54.5 Å². The third-order valence-corrected chi connectivity index (χ3v) is 7.17. The van der Waals surface area contributed by atoms with E-state index in [1.165, 1.54) is 41.0 Å². The van der Waals surface area contributed by atoms with Crippen molar-refractivity contribution in [2.75, 3.05) is 30.4 Å². The average molecular weight is 468 g/mol. The first-order chi connectivity index (χ1) is 14.8. The maximum Gasteiger partial charge on any atom is 0.418 e. The highest BCUT2D eigenvalue weighted by Crippen LogP contribution is 2.39. The van der Waals surface area contributed by atoms with Crippen molar-refractivity contribution in [3.05, 3.63) is 52.3 Å². The molecule has 2 aromatic heterocycles. The lowest BCUT2D eigenvalue weighted by molar-refractivity contribution is -0.137. The van der Waals surface area contributed by atoms with E-state index in [2.05, 4.69) is 10.3 Å². The first-order valence-electron chi connectivity index (χ1n) is 9.65. The van der Waals surface area contributed by atoms with Crippen molar-refractivity contribution in [3.8, 4) is 9.88 Å². The number of ether oxygens (including phenoxy) is 1. The predicted molar refractivity (Wildman–Crippen MR) is 117 cm³/mol. The molecule has 1 aromatic carbocycles. The average Bonchev–Trinajstić information content (AvgIpc) is 3.45. The molecule has 1 saturated heterocycles. The minimum atomic E-state index is -4.54. The number of carbonyl (C=O) groups is 1. The van der Waals surface area contributed by atoms with Gasteiger partial charge in [-0.1, -0.05) is 6.07 Å². The smallest absolute Gasteiger partial charge is 0.381 e. The second kappa shape index (κ2) is 8.97. The molecule has 0 atom stereocenters. The van der Waals surface area contributed by atoms with Crippen molar-refractivity contribution < 1.29 is 22.7 Å². The van der Waals surface area contributed by atoms with Gasteiger partial charge in [-0.25, -0.2) is 4.98 Å². The first-order valence-corrected chi connectivity index (χ1v) is 11.3. The lowest BCUT2D eigenvalue weighted by Crippen LogP contribution is -2.37. The van der Waals surface area contributed by atoms with Crippen LogP contribution in [0.2, 0.25) is 0 Å². The number of thiazole rings is 1. The Balaban J connectivity index is 1.53. The van der Waals surface area contributed by atoms with E-state index >= 15 is 0 Å². The second-order valence-electron chi connectivity index (χ2n) is 7.11. The molecular weight excluding hydrogens is 447 g/mol. The zero-order valence-electron chi connectivity index (χ0n) is 16.6. The molecule has 10 heteroatoms. The molecule has 1 N–H and O–H groups in total. The van der Waals surface area contributed by atoms with Crippen LogP contribution in [0, 0.1) is 0 Å². The van der Waals surface area contributed by atoms with Crippen LogP contribution in [0.1, 0.15) is 28.1 Å². The molecule has 1 fully saturated rings. The highest BCUT2D eigenvalue weighted by Gasteiger charge is 2.36. The number of halogens is 3. The highest BCUT2D eigenvalue weighted by atomic mass is 32.1. The molecule has 3 heterocycles. The molecular formula is C21H20F3N3O2S2. The van der Waals surface area contributed by atoms with Gasteiger partial charge in [-0.2, -0.15) is 13.2 Å². The van der Waals surface area contributed by atoms with Crippen molar-refractivity contribution in [2.45, 2.75) is 25.1 Å². The second-order valence-corrected chi connectivity index (χ2v) is 9.09. The van der Waals surface area contributed by atoms with Crippen LogP contribution in [0.5, 0.6) is 0 Å². The van der Waals surface area contributed by atoms with E-state index in [1.54, 1.807) is 12.0 Å². The fraction of sp³-hybridized carbons (Fsp3) is 0.333. The number of thiophene rings is 1. The number of rotatable bonds is 5. The summed E-state index contributed by atoms with van der Waals surface area (Å²) < 4.78 is 46.6. The van der Waals surface area contributed by atoms with E-state index in [4.69, 9.17) is 4.74 Å². The Morgan fingerprint density at radius 1 is 1.26 bits per heavy atom. The summed E-state index contributed by atoms with van der Waals surface area (Å²) in [5, 5.41) is 5.18. The van der Waals surface area contributed by atoms with Gasteiger partial charge in [-0.3, -0.25) is 4.79 Å². The summed E-state index contributed by atoms with van der Waals surface area (Å²) in [7, 11) is 1.62. The third kappa shape index (κ3) is 4.91. The van der Waals surface area contributed by atoms with Gasteiger partial charge < -0.3 is 15.0 Å². The van der Waals surface area contributed by atoms with Crippen LogP contribution >= 0.6 is 22.7 Å². The Bertz CT molecular complexity index is 1040. The fourth-order valence-electron chi connectivity index (χ4n) is 3.53. The minimum absolute atomic E-state index is 0.0719. The van der Waals surface area contributed by atoms with Gasteiger partial charge in [0.25, 0.3) is 5.91 Å². The van der Waals surface area contributed by atoms with Gasteiger partial charge in [0.15, 0.2) is 0 Å². The van der Waals surface area contributed by atoms with Crippen LogP contribution in [-0.2, 0) is 10.9 Å². The first kappa shape index (κ1) is 21.8. The normalized spacial score (nSPS) is 15.3. The molecule has 164 valence electrons. The number of aromatic nitrogens is 1. The lowest BCUT2D eigenvalue weighted by atomic mass is 10.0. The van der Waals surface area contributed by atoms with Crippen molar-refractivity contribution >= 4 is 40.0 Å². The SMILES string of the molecule is COC1CCN(c2ccc(NC(=O)c3cnc(-c4cccs4)s3)cc2C(F)(F)F)CC1. The summed E-state index contributed by atoms with van der Waals surface area (Å²) >= 11 is 2.71. The maximum atomic E-state index is 13.8. The summed E-state index contributed by atoms with van der Waals surface area (Å²) in [4.78, 5) is 19.8. The molecule has 0 bridgehead atoms. The monoisotopic (exact) mass is 467 g/mol. The van der Waals surface area contributed by atoms with Gasteiger partial charge in [-0.15, -0.1) is 22.7 Å². The van der Waals surface area contributed by atoms with Gasteiger partial charge in [0.2, 0.25) is 0 Å². The van der Waals surface area contributed by atoms with Gasteiger partial charge in [0, 0.05) is 31.6 Å². The van der Waals surface area contributed by atoms with Crippen molar-refractivity contribution in [1.82, 2.24) is 4.98 Å². The number of benzene rings is 1. The van der Waals surface area contributed by atoms with Crippen molar-refractivity contribution in [1.29, 1.82) is 0 Å². The number of amides is 1. The predicted octanol–water partition coefficient (Wildman–Crippen LogP) is 5.76. The minimum Gasteiger partial charge on any atom is -0.381 e. The Hall–Kier alpha value is -2.43. The molecule has 5 nitrogen and oxygen atoms in total. The summed E-state index contributed by atoms with van der Waals surface area (Å²) in [6.07, 6.45) is -1.68. The number of hydrogen-bond donors (Lipinski definition) is 1. The Morgan fingerprint density at radius 2 is 2.03 bits per heavy atom. The molecule has 3 aromatic rings.